The van der Waals surface area contributed by atoms with Crippen molar-refractivity contribution in [3.63, 3.8) is 0 Å². The van der Waals surface area contributed by atoms with E-state index in [1.807, 2.05) is 28.9 Å². The predicted octanol–water partition coefficient (Wildman–Crippen LogP) is 2.47. The van der Waals surface area contributed by atoms with Crippen LogP contribution < -0.4 is 5.32 Å². The summed E-state index contributed by atoms with van der Waals surface area (Å²) in [6, 6.07) is 5.52. The van der Waals surface area contributed by atoms with Crippen LogP contribution in [-0.4, -0.2) is 53.5 Å². The Kier molecular flexibility index (Phi) is 4.37. The Labute approximate surface area is 153 Å². The molecule has 3 aliphatic heterocycles. The van der Waals surface area contributed by atoms with Crippen LogP contribution in [0.2, 0.25) is 0 Å². The number of likely N-dealkylation sites (tertiary alicyclic amines) is 2. The quantitative estimate of drug-likeness (QED) is 0.882. The lowest BCUT2D eigenvalue weighted by Crippen LogP contribution is -2.70. The molecule has 0 unspecified atom stereocenters. The number of carbonyl (C=O) groups is 2. The van der Waals surface area contributed by atoms with Crippen molar-refractivity contribution in [3.8, 4) is 0 Å². The van der Waals surface area contributed by atoms with Crippen LogP contribution in [0.5, 0.6) is 0 Å². The molecule has 0 saturated carbocycles. The molecule has 1 aromatic rings. The lowest BCUT2D eigenvalue weighted by atomic mass is 9.88. The molecule has 5 nitrogen and oxygen atoms in total. The highest BCUT2D eigenvalue weighted by molar-refractivity contribution is 5.82. The molecule has 6 heteroatoms. The Morgan fingerprint density at radius 3 is 2.62 bits per heavy atom. The minimum Gasteiger partial charge on any atom is -0.347 e. The standard InChI is InChI=1S/C20H26FN3O2/c1-14-2-3-16(17(21)10-14)11-15-5-8-23(9-6-15)19(26)24-12-20(13-24)7-4-18(25)22-20/h2-3,10,15H,4-9,11-13H2,1H3,(H,22,25). The maximum atomic E-state index is 14.0. The minimum absolute atomic E-state index is 0.0803. The number of piperidine rings is 1. The van der Waals surface area contributed by atoms with E-state index < -0.39 is 0 Å². The first-order valence-corrected chi connectivity index (χ1v) is 9.54. The number of carbonyl (C=O) groups excluding carboxylic acids is 2. The van der Waals surface area contributed by atoms with Crippen LogP contribution >= 0.6 is 0 Å². The number of rotatable bonds is 2. The molecule has 4 rings (SSSR count). The zero-order valence-corrected chi connectivity index (χ0v) is 15.3. The third-order valence-electron chi connectivity index (χ3n) is 6.09. The summed E-state index contributed by atoms with van der Waals surface area (Å²) in [6.07, 6.45) is 3.97. The number of nitrogens with one attached hydrogen (secondary N) is 1. The average Bonchev–Trinajstić information content (AvgIpc) is 2.98. The number of amides is 3. The zero-order valence-electron chi connectivity index (χ0n) is 15.3. The number of nitrogens with zero attached hydrogens (tertiary/aromatic N) is 2. The lowest BCUT2D eigenvalue weighted by molar-refractivity contribution is -0.120. The monoisotopic (exact) mass is 359 g/mol. The molecule has 3 aliphatic rings. The fraction of sp³-hybridized carbons (Fsp3) is 0.600. The van der Waals surface area contributed by atoms with Crippen LogP contribution in [-0.2, 0) is 11.2 Å². The maximum Gasteiger partial charge on any atom is 0.320 e. The molecule has 0 radical (unpaired) electrons. The van der Waals surface area contributed by atoms with Crippen molar-refractivity contribution in [2.24, 2.45) is 5.92 Å². The first-order valence-electron chi connectivity index (χ1n) is 9.54. The SMILES string of the molecule is Cc1ccc(CC2CCN(C(=O)N3CC4(CCC(=O)N4)C3)CC2)c(F)c1. The molecule has 0 aliphatic carbocycles. The van der Waals surface area contributed by atoms with Gasteiger partial charge in [-0.1, -0.05) is 12.1 Å². The van der Waals surface area contributed by atoms with Crippen LogP contribution in [0.25, 0.3) is 0 Å². The van der Waals surface area contributed by atoms with E-state index in [2.05, 4.69) is 5.32 Å². The number of hydrogen-bond donors (Lipinski definition) is 1. The summed E-state index contributed by atoms with van der Waals surface area (Å²) in [4.78, 5) is 27.8. The van der Waals surface area contributed by atoms with Crippen molar-refractivity contribution >= 4 is 11.9 Å². The molecular formula is C20H26FN3O2. The van der Waals surface area contributed by atoms with Gasteiger partial charge in [0.1, 0.15) is 5.82 Å². The van der Waals surface area contributed by atoms with Gasteiger partial charge in [0.15, 0.2) is 0 Å². The van der Waals surface area contributed by atoms with Gasteiger partial charge in [-0.15, -0.1) is 0 Å². The molecule has 0 atom stereocenters. The second kappa shape index (κ2) is 6.56. The van der Waals surface area contributed by atoms with E-state index in [9.17, 15) is 14.0 Å². The van der Waals surface area contributed by atoms with Crippen LogP contribution in [0, 0.1) is 18.7 Å². The average molecular weight is 359 g/mol. The highest BCUT2D eigenvalue weighted by Crippen LogP contribution is 2.32. The first kappa shape index (κ1) is 17.3. The summed E-state index contributed by atoms with van der Waals surface area (Å²) in [6.45, 7) is 4.62. The minimum atomic E-state index is -0.159. The molecule has 3 heterocycles. The third kappa shape index (κ3) is 3.29. The molecule has 0 aromatic heterocycles. The van der Waals surface area contributed by atoms with Crippen molar-refractivity contribution in [1.82, 2.24) is 15.1 Å². The maximum absolute atomic E-state index is 14.0. The van der Waals surface area contributed by atoms with Gasteiger partial charge in [-0.25, -0.2) is 9.18 Å². The van der Waals surface area contributed by atoms with Gasteiger partial charge in [-0.05, 0) is 55.7 Å². The first-order chi connectivity index (χ1) is 12.4. The fourth-order valence-electron chi connectivity index (χ4n) is 4.49. The van der Waals surface area contributed by atoms with Crippen LogP contribution in [0.1, 0.15) is 36.8 Å². The van der Waals surface area contributed by atoms with Gasteiger partial charge < -0.3 is 15.1 Å². The fourth-order valence-corrected chi connectivity index (χ4v) is 4.49. The second-order valence-corrected chi connectivity index (χ2v) is 8.20. The van der Waals surface area contributed by atoms with E-state index >= 15 is 0 Å². The van der Waals surface area contributed by atoms with E-state index in [4.69, 9.17) is 0 Å². The third-order valence-corrected chi connectivity index (χ3v) is 6.09. The van der Waals surface area contributed by atoms with Crippen molar-refractivity contribution < 1.29 is 14.0 Å². The van der Waals surface area contributed by atoms with Crippen molar-refractivity contribution in [1.29, 1.82) is 0 Å². The van der Waals surface area contributed by atoms with Gasteiger partial charge in [0.2, 0.25) is 5.91 Å². The van der Waals surface area contributed by atoms with Gasteiger partial charge in [0, 0.05) is 32.6 Å². The predicted molar refractivity (Wildman–Crippen MR) is 96.2 cm³/mol. The normalized spacial score (nSPS) is 22.5. The zero-order chi connectivity index (χ0) is 18.3. The summed E-state index contributed by atoms with van der Waals surface area (Å²) in [5, 5.41) is 3.01. The van der Waals surface area contributed by atoms with E-state index in [1.165, 1.54) is 0 Å². The van der Waals surface area contributed by atoms with Crippen LogP contribution in [0.3, 0.4) is 0 Å². The summed E-state index contributed by atoms with van der Waals surface area (Å²) in [7, 11) is 0. The molecule has 3 amide bonds. The number of urea groups is 1. The van der Waals surface area contributed by atoms with Crippen molar-refractivity contribution in [2.45, 2.75) is 44.6 Å². The Morgan fingerprint density at radius 2 is 2.00 bits per heavy atom. The Morgan fingerprint density at radius 1 is 1.27 bits per heavy atom. The molecule has 3 saturated heterocycles. The highest BCUT2D eigenvalue weighted by Gasteiger charge is 2.50. The molecule has 0 bridgehead atoms. The largest absolute Gasteiger partial charge is 0.347 e. The molecule has 1 N–H and O–H groups in total. The summed E-state index contributed by atoms with van der Waals surface area (Å²) < 4.78 is 14.0. The van der Waals surface area contributed by atoms with E-state index in [1.54, 1.807) is 6.07 Å². The van der Waals surface area contributed by atoms with Gasteiger partial charge in [0.05, 0.1) is 5.54 Å². The van der Waals surface area contributed by atoms with Gasteiger partial charge in [-0.2, -0.15) is 0 Å². The van der Waals surface area contributed by atoms with Gasteiger partial charge in [0.25, 0.3) is 0 Å². The summed E-state index contributed by atoms with van der Waals surface area (Å²) in [5.41, 5.74) is 1.56. The topological polar surface area (TPSA) is 52.7 Å². The molecule has 3 fully saturated rings. The molecular weight excluding hydrogens is 333 g/mol. The molecule has 1 spiro atoms. The number of halogens is 1. The summed E-state index contributed by atoms with van der Waals surface area (Å²) in [5.74, 6) is 0.405. The Balaban J connectivity index is 1.26. The molecule has 140 valence electrons. The molecule has 1 aromatic carbocycles. The van der Waals surface area contributed by atoms with E-state index in [-0.39, 0.29) is 23.3 Å². The number of benzene rings is 1. The van der Waals surface area contributed by atoms with Gasteiger partial charge >= 0.3 is 6.03 Å². The van der Waals surface area contributed by atoms with Crippen molar-refractivity contribution in [2.75, 3.05) is 26.2 Å². The lowest BCUT2D eigenvalue weighted by Gasteiger charge is -2.49. The van der Waals surface area contributed by atoms with E-state index in [0.29, 0.717) is 25.4 Å². The Hall–Kier alpha value is -2.11. The van der Waals surface area contributed by atoms with Gasteiger partial charge in [-0.3, -0.25) is 4.79 Å². The second-order valence-electron chi connectivity index (χ2n) is 8.20. The van der Waals surface area contributed by atoms with E-state index in [0.717, 1.165) is 49.9 Å². The molecule has 26 heavy (non-hydrogen) atoms. The van der Waals surface area contributed by atoms with Crippen LogP contribution in [0.15, 0.2) is 18.2 Å². The van der Waals surface area contributed by atoms with Crippen LogP contribution in [0.4, 0.5) is 9.18 Å². The van der Waals surface area contributed by atoms with Crippen molar-refractivity contribution in [3.05, 3.63) is 35.1 Å². The smallest absolute Gasteiger partial charge is 0.320 e. The summed E-state index contributed by atoms with van der Waals surface area (Å²) >= 11 is 0. The highest BCUT2D eigenvalue weighted by atomic mass is 19.1. The number of hydrogen-bond acceptors (Lipinski definition) is 2. The number of aryl methyl sites for hydroxylation is 1. The Bertz CT molecular complexity index is 722.